The molecule has 1 rings (SSSR count). The van der Waals surface area contributed by atoms with Gasteiger partial charge in [0, 0.05) is 21.8 Å². The van der Waals surface area contributed by atoms with Gasteiger partial charge in [-0.2, -0.15) is 0 Å². The van der Waals surface area contributed by atoms with Crippen LogP contribution in [0.25, 0.3) is 0 Å². The molecule has 0 atom stereocenters. The number of hydrogen-bond acceptors (Lipinski definition) is 2. The summed E-state index contributed by atoms with van der Waals surface area (Å²) in [6.07, 6.45) is 3.83. The van der Waals surface area contributed by atoms with Crippen LogP contribution in [0.4, 0.5) is 11.4 Å². The fraction of sp³-hybridized carbons (Fsp3) is 0.571. The number of anilines is 2. The first-order valence-corrected chi connectivity index (χ1v) is 7.45. The highest BCUT2D eigenvalue weighted by atomic mass is 127. The first-order chi connectivity index (χ1) is 8.06. The summed E-state index contributed by atoms with van der Waals surface area (Å²) in [7, 11) is 0. The third-order valence-electron chi connectivity index (χ3n) is 2.91. The van der Waals surface area contributed by atoms with E-state index in [1.165, 1.54) is 28.5 Å². The summed E-state index contributed by atoms with van der Waals surface area (Å²) in [5.74, 6) is 0. The van der Waals surface area contributed by atoms with Crippen LogP contribution in [0.1, 0.15) is 40.0 Å². The van der Waals surface area contributed by atoms with E-state index in [2.05, 4.69) is 54.3 Å². The van der Waals surface area contributed by atoms with Gasteiger partial charge in [-0.3, -0.25) is 0 Å². The second-order valence-corrected chi connectivity index (χ2v) is 5.87. The summed E-state index contributed by atoms with van der Waals surface area (Å²) in [6, 6.07) is 6.71. The molecular formula is C14H23IN2. The van der Waals surface area contributed by atoms with E-state index in [4.69, 9.17) is 5.73 Å². The largest absolute Gasteiger partial charge is 0.399 e. The minimum absolute atomic E-state index is 0.531. The molecule has 0 heterocycles. The van der Waals surface area contributed by atoms with Crippen molar-refractivity contribution >= 4 is 34.0 Å². The van der Waals surface area contributed by atoms with Crippen molar-refractivity contribution in [3.8, 4) is 0 Å². The normalized spacial score (nSPS) is 10.9. The fourth-order valence-corrected chi connectivity index (χ4v) is 2.79. The molecule has 2 N–H and O–H groups in total. The SMILES string of the molecule is CCCCCN(c1ccc(N)cc1I)C(C)C. The molecule has 1 aromatic carbocycles. The van der Waals surface area contributed by atoms with Gasteiger partial charge in [0.05, 0.1) is 5.69 Å². The lowest BCUT2D eigenvalue weighted by Crippen LogP contribution is -2.32. The predicted molar refractivity (Wildman–Crippen MR) is 85.6 cm³/mol. The smallest absolute Gasteiger partial charge is 0.0505 e. The highest BCUT2D eigenvalue weighted by Gasteiger charge is 2.13. The highest BCUT2D eigenvalue weighted by molar-refractivity contribution is 14.1. The molecule has 0 aliphatic rings. The van der Waals surface area contributed by atoms with Crippen LogP contribution in [-0.4, -0.2) is 12.6 Å². The Morgan fingerprint density at radius 1 is 1.29 bits per heavy atom. The van der Waals surface area contributed by atoms with Gasteiger partial charge in [0.25, 0.3) is 0 Å². The molecule has 0 saturated heterocycles. The number of hydrogen-bond donors (Lipinski definition) is 1. The molecule has 0 saturated carbocycles. The van der Waals surface area contributed by atoms with Crippen LogP contribution in [0.2, 0.25) is 0 Å². The first kappa shape index (κ1) is 14.6. The molecule has 0 bridgehead atoms. The number of unbranched alkanes of at least 4 members (excludes halogenated alkanes) is 2. The molecule has 0 amide bonds. The number of nitrogens with zero attached hydrogens (tertiary/aromatic N) is 1. The van der Waals surface area contributed by atoms with Crippen molar-refractivity contribution in [2.45, 2.75) is 46.1 Å². The average Bonchev–Trinajstić information content (AvgIpc) is 2.25. The zero-order valence-corrected chi connectivity index (χ0v) is 13.2. The van der Waals surface area contributed by atoms with Gasteiger partial charge in [-0.25, -0.2) is 0 Å². The van der Waals surface area contributed by atoms with Gasteiger partial charge in [-0.15, -0.1) is 0 Å². The van der Waals surface area contributed by atoms with Crippen LogP contribution in [-0.2, 0) is 0 Å². The van der Waals surface area contributed by atoms with Crippen molar-refractivity contribution in [3.63, 3.8) is 0 Å². The summed E-state index contributed by atoms with van der Waals surface area (Å²) in [5, 5.41) is 0. The van der Waals surface area contributed by atoms with E-state index in [9.17, 15) is 0 Å². The minimum atomic E-state index is 0.531. The zero-order chi connectivity index (χ0) is 12.8. The summed E-state index contributed by atoms with van der Waals surface area (Å²) in [4.78, 5) is 2.47. The summed E-state index contributed by atoms with van der Waals surface area (Å²) >= 11 is 2.37. The van der Waals surface area contributed by atoms with E-state index in [0.717, 1.165) is 12.2 Å². The molecule has 0 radical (unpaired) electrons. The predicted octanol–water partition coefficient (Wildman–Crippen LogP) is 4.28. The lowest BCUT2D eigenvalue weighted by molar-refractivity contribution is 0.625. The lowest BCUT2D eigenvalue weighted by Gasteiger charge is -2.30. The van der Waals surface area contributed by atoms with Crippen LogP contribution >= 0.6 is 22.6 Å². The Kier molecular flexibility index (Phi) is 6.09. The number of nitrogen functional groups attached to an aromatic ring is 1. The van der Waals surface area contributed by atoms with E-state index < -0.39 is 0 Å². The van der Waals surface area contributed by atoms with Crippen LogP contribution < -0.4 is 10.6 Å². The van der Waals surface area contributed by atoms with Gasteiger partial charge in [-0.1, -0.05) is 19.8 Å². The van der Waals surface area contributed by atoms with Crippen molar-refractivity contribution in [2.75, 3.05) is 17.2 Å². The number of benzene rings is 1. The van der Waals surface area contributed by atoms with E-state index >= 15 is 0 Å². The number of rotatable bonds is 6. The molecule has 0 aliphatic carbocycles. The standard InChI is InChI=1S/C14H23IN2/c1-4-5-6-9-17(11(2)3)14-8-7-12(16)10-13(14)15/h7-8,10-11H,4-6,9,16H2,1-3H3. The van der Waals surface area contributed by atoms with Gasteiger partial charge in [-0.05, 0) is 61.1 Å². The van der Waals surface area contributed by atoms with Crippen molar-refractivity contribution in [2.24, 2.45) is 0 Å². The van der Waals surface area contributed by atoms with E-state index in [1.54, 1.807) is 0 Å². The Balaban J connectivity index is 2.82. The fourth-order valence-electron chi connectivity index (χ4n) is 1.95. The molecule has 0 aromatic heterocycles. The number of nitrogens with two attached hydrogens (primary N) is 1. The Hall–Kier alpha value is -0.450. The monoisotopic (exact) mass is 346 g/mol. The summed E-state index contributed by atoms with van der Waals surface area (Å²) < 4.78 is 1.24. The highest BCUT2D eigenvalue weighted by Crippen LogP contribution is 2.26. The third kappa shape index (κ3) is 4.37. The maximum absolute atomic E-state index is 5.80. The molecule has 17 heavy (non-hydrogen) atoms. The van der Waals surface area contributed by atoms with E-state index in [-0.39, 0.29) is 0 Å². The van der Waals surface area contributed by atoms with Crippen LogP contribution in [0.15, 0.2) is 18.2 Å². The molecule has 1 aromatic rings. The van der Waals surface area contributed by atoms with Crippen molar-refractivity contribution in [1.29, 1.82) is 0 Å². The second-order valence-electron chi connectivity index (χ2n) is 4.71. The molecule has 3 heteroatoms. The summed E-state index contributed by atoms with van der Waals surface area (Å²) in [5.41, 5.74) is 7.96. The van der Waals surface area contributed by atoms with Gasteiger partial charge in [0.15, 0.2) is 0 Å². The quantitative estimate of drug-likeness (QED) is 0.473. The Morgan fingerprint density at radius 2 is 2.00 bits per heavy atom. The van der Waals surface area contributed by atoms with E-state index in [1.807, 2.05) is 12.1 Å². The maximum Gasteiger partial charge on any atom is 0.0505 e. The molecule has 96 valence electrons. The van der Waals surface area contributed by atoms with Gasteiger partial charge in [0.1, 0.15) is 0 Å². The Morgan fingerprint density at radius 3 is 2.53 bits per heavy atom. The van der Waals surface area contributed by atoms with Crippen LogP contribution in [0, 0.1) is 3.57 Å². The molecule has 2 nitrogen and oxygen atoms in total. The molecule has 0 aliphatic heterocycles. The van der Waals surface area contributed by atoms with Gasteiger partial charge >= 0.3 is 0 Å². The maximum atomic E-state index is 5.80. The topological polar surface area (TPSA) is 29.3 Å². The average molecular weight is 346 g/mol. The lowest BCUT2D eigenvalue weighted by atomic mass is 10.2. The first-order valence-electron chi connectivity index (χ1n) is 6.38. The summed E-state index contributed by atoms with van der Waals surface area (Å²) in [6.45, 7) is 7.87. The molecule has 0 spiro atoms. The van der Waals surface area contributed by atoms with Crippen molar-refractivity contribution in [3.05, 3.63) is 21.8 Å². The molecule has 0 fully saturated rings. The zero-order valence-electron chi connectivity index (χ0n) is 11.0. The molecular weight excluding hydrogens is 323 g/mol. The van der Waals surface area contributed by atoms with Gasteiger partial charge < -0.3 is 10.6 Å². The second kappa shape index (κ2) is 7.09. The van der Waals surface area contributed by atoms with Gasteiger partial charge in [0.2, 0.25) is 0 Å². The molecule has 0 unspecified atom stereocenters. The van der Waals surface area contributed by atoms with Crippen LogP contribution in [0.5, 0.6) is 0 Å². The van der Waals surface area contributed by atoms with Crippen molar-refractivity contribution < 1.29 is 0 Å². The van der Waals surface area contributed by atoms with E-state index in [0.29, 0.717) is 6.04 Å². The third-order valence-corrected chi connectivity index (χ3v) is 3.77. The number of halogens is 1. The Bertz CT molecular complexity index is 350. The van der Waals surface area contributed by atoms with Crippen LogP contribution in [0.3, 0.4) is 0 Å². The van der Waals surface area contributed by atoms with Crippen molar-refractivity contribution in [1.82, 2.24) is 0 Å². The Labute approximate surface area is 119 Å². The minimum Gasteiger partial charge on any atom is -0.399 e.